The molecule has 0 saturated heterocycles. The molecule has 0 amide bonds. The average molecular weight is 229 g/mol. The molecule has 0 aliphatic rings. The molecule has 0 unspecified atom stereocenters. The predicted octanol–water partition coefficient (Wildman–Crippen LogP) is 2.95. The summed E-state index contributed by atoms with van der Waals surface area (Å²) in [7, 11) is 1.55. The highest BCUT2D eigenvalue weighted by Gasteiger charge is 2.09. The lowest BCUT2D eigenvalue weighted by atomic mass is 10.2. The molecule has 0 atom stereocenters. The number of ether oxygens (including phenoxy) is 1. The minimum absolute atomic E-state index is 0.421. The van der Waals surface area contributed by atoms with Gasteiger partial charge in [0.15, 0.2) is 0 Å². The number of hydrogen-bond acceptors (Lipinski definition) is 3. The Kier molecular flexibility index (Phi) is 2.44. The van der Waals surface area contributed by atoms with E-state index >= 15 is 0 Å². The molecule has 2 aromatic rings. The number of aromatic nitrogens is 2. The number of nitrogens with zero attached hydrogens (tertiary/aromatic N) is 2. The third-order valence-corrected chi connectivity index (χ3v) is 2.65. The minimum Gasteiger partial charge on any atom is -0.480 e. The second-order valence-electron chi connectivity index (χ2n) is 2.64. The zero-order valence-corrected chi connectivity index (χ0v) is 8.80. The fourth-order valence-corrected chi connectivity index (χ4v) is 1.58. The lowest BCUT2D eigenvalue weighted by Crippen LogP contribution is -1.91. The van der Waals surface area contributed by atoms with Crippen LogP contribution in [0.1, 0.15) is 0 Å². The smallest absolute Gasteiger partial charge is 0.224 e. The summed E-state index contributed by atoms with van der Waals surface area (Å²) in [4.78, 5) is 8.00. The molecule has 72 valence electrons. The highest BCUT2D eigenvalue weighted by molar-refractivity contribution is 6.45. The van der Waals surface area contributed by atoms with Gasteiger partial charge in [0.25, 0.3) is 0 Å². The maximum absolute atomic E-state index is 5.98. The average Bonchev–Trinajstić information content (AvgIpc) is 2.23. The summed E-state index contributed by atoms with van der Waals surface area (Å²) < 4.78 is 5.07. The molecule has 0 aliphatic carbocycles. The number of rotatable bonds is 1. The van der Waals surface area contributed by atoms with Crippen LogP contribution in [-0.4, -0.2) is 17.1 Å². The van der Waals surface area contributed by atoms with E-state index in [0.717, 1.165) is 5.39 Å². The van der Waals surface area contributed by atoms with Gasteiger partial charge in [-0.2, -0.15) is 0 Å². The van der Waals surface area contributed by atoms with E-state index in [1.165, 1.54) is 6.33 Å². The molecule has 0 radical (unpaired) electrons. The van der Waals surface area contributed by atoms with Gasteiger partial charge in [-0.15, -0.1) is 0 Å². The highest BCUT2D eigenvalue weighted by atomic mass is 35.5. The molecule has 0 fully saturated rings. The quantitative estimate of drug-likeness (QED) is 0.753. The Morgan fingerprint density at radius 1 is 1.21 bits per heavy atom. The molecule has 1 heterocycles. The summed E-state index contributed by atoms with van der Waals surface area (Å²) in [5.41, 5.74) is 0.603. The lowest BCUT2D eigenvalue weighted by Gasteiger charge is -2.04. The number of hydrogen-bond donors (Lipinski definition) is 0. The monoisotopic (exact) mass is 228 g/mol. The molecule has 1 aromatic heterocycles. The first-order valence-electron chi connectivity index (χ1n) is 3.86. The molecule has 0 saturated carbocycles. The number of methoxy groups -OCH3 is 1. The van der Waals surface area contributed by atoms with Crippen LogP contribution in [0.2, 0.25) is 10.0 Å². The lowest BCUT2D eigenvalue weighted by molar-refractivity contribution is 0.402. The molecular weight excluding hydrogens is 223 g/mol. The second-order valence-corrected chi connectivity index (χ2v) is 3.43. The van der Waals surface area contributed by atoms with Gasteiger partial charge in [0, 0.05) is 0 Å². The number of fused-ring (bicyclic) bond motifs is 1. The molecule has 0 N–H and O–H groups in total. The predicted molar refractivity (Wildman–Crippen MR) is 56.1 cm³/mol. The van der Waals surface area contributed by atoms with Crippen molar-refractivity contribution < 1.29 is 4.74 Å². The van der Waals surface area contributed by atoms with Crippen LogP contribution in [0.5, 0.6) is 5.88 Å². The Morgan fingerprint density at radius 2 is 2.00 bits per heavy atom. The van der Waals surface area contributed by atoms with Gasteiger partial charge < -0.3 is 4.74 Å². The molecule has 0 bridgehead atoms. The topological polar surface area (TPSA) is 35.0 Å². The van der Waals surface area contributed by atoms with Crippen LogP contribution in [0, 0.1) is 0 Å². The van der Waals surface area contributed by atoms with Crippen molar-refractivity contribution in [3.63, 3.8) is 0 Å². The first-order chi connectivity index (χ1) is 6.74. The normalized spacial score (nSPS) is 10.5. The van der Waals surface area contributed by atoms with Crippen LogP contribution in [0.25, 0.3) is 10.9 Å². The SMILES string of the molecule is COc1ncnc2c(Cl)c(Cl)ccc12. The van der Waals surface area contributed by atoms with Crippen LogP contribution in [0.15, 0.2) is 18.5 Å². The molecule has 0 spiro atoms. The largest absolute Gasteiger partial charge is 0.480 e. The summed E-state index contributed by atoms with van der Waals surface area (Å²) in [5.74, 6) is 0.494. The molecule has 0 aliphatic heterocycles. The van der Waals surface area contributed by atoms with Crippen LogP contribution < -0.4 is 4.74 Å². The van der Waals surface area contributed by atoms with E-state index in [-0.39, 0.29) is 0 Å². The third kappa shape index (κ3) is 1.38. The van der Waals surface area contributed by atoms with Gasteiger partial charge in [0.2, 0.25) is 5.88 Å². The number of benzene rings is 1. The van der Waals surface area contributed by atoms with E-state index in [1.807, 2.05) is 0 Å². The second kappa shape index (κ2) is 3.59. The fraction of sp³-hybridized carbons (Fsp3) is 0.111. The summed E-state index contributed by atoms with van der Waals surface area (Å²) in [6, 6.07) is 3.47. The van der Waals surface area contributed by atoms with E-state index in [2.05, 4.69) is 9.97 Å². The van der Waals surface area contributed by atoms with Gasteiger partial charge in [0.05, 0.1) is 28.1 Å². The standard InChI is InChI=1S/C9H6Cl2N2O/c1-14-9-5-2-3-6(10)7(11)8(5)12-4-13-9/h2-4H,1H3. The first kappa shape index (κ1) is 9.49. The summed E-state index contributed by atoms with van der Waals surface area (Å²) in [5, 5.41) is 1.65. The maximum Gasteiger partial charge on any atom is 0.224 e. The van der Waals surface area contributed by atoms with E-state index in [9.17, 15) is 0 Å². The zero-order chi connectivity index (χ0) is 10.1. The van der Waals surface area contributed by atoms with Crippen molar-refractivity contribution in [2.75, 3.05) is 7.11 Å². The van der Waals surface area contributed by atoms with Gasteiger partial charge in [-0.05, 0) is 12.1 Å². The maximum atomic E-state index is 5.98. The van der Waals surface area contributed by atoms with Gasteiger partial charge in [-0.25, -0.2) is 9.97 Å². The van der Waals surface area contributed by atoms with Crippen LogP contribution in [-0.2, 0) is 0 Å². The Hall–Kier alpha value is -1.06. The van der Waals surface area contributed by atoms with Gasteiger partial charge in [0.1, 0.15) is 6.33 Å². The van der Waals surface area contributed by atoms with Crippen molar-refractivity contribution in [2.24, 2.45) is 0 Å². The Morgan fingerprint density at radius 3 is 2.71 bits per heavy atom. The summed E-state index contributed by atoms with van der Waals surface area (Å²) in [6.07, 6.45) is 1.39. The third-order valence-electron chi connectivity index (χ3n) is 1.85. The van der Waals surface area contributed by atoms with Crippen molar-refractivity contribution in [1.29, 1.82) is 0 Å². The molecular formula is C9H6Cl2N2O. The fourth-order valence-electron chi connectivity index (χ4n) is 1.21. The Bertz CT molecular complexity index is 487. The van der Waals surface area contributed by atoms with Crippen LogP contribution >= 0.6 is 23.2 Å². The molecule has 3 nitrogen and oxygen atoms in total. The molecule has 1 aromatic carbocycles. The molecule has 5 heteroatoms. The Labute approximate surface area is 90.6 Å². The van der Waals surface area contributed by atoms with Gasteiger partial charge >= 0.3 is 0 Å². The molecule has 14 heavy (non-hydrogen) atoms. The molecule has 2 rings (SSSR count). The number of halogens is 2. The van der Waals surface area contributed by atoms with Crippen molar-refractivity contribution in [3.8, 4) is 5.88 Å². The highest BCUT2D eigenvalue weighted by Crippen LogP contribution is 2.32. The van der Waals surface area contributed by atoms with E-state index in [1.54, 1.807) is 19.2 Å². The zero-order valence-electron chi connectivity index (χ0n) is 7.29. The van der Waals surface area contributed by atoms with Crippen molar-refractivity contribution in [2.45, 2.75) is 0 Å². The van der Waals surface area contributed by atoms with Crippen LogP contribution in [0.3, 0.4) is 0 Å². The van der Waals surface area contributed by atoms with Crippen LogP contribution in [0.4, 0.5) is 0 Å². The summed E-state index contributed by atoms with van der Waals surface area (Å²) in [6.45, 7) is 0. The van der Waals surface area contributed by atoms with Crippen molar-refractivity contribution >= 4 is 34.1 Å². The van der Waals surface area contributed by atoms with Crippen molar-refractivity contribution in [1.82, 2.24) is 9.97 Å². The van der Waals surface area contributed by atoms with E-state index in [0.29, 0.717) is 21.4 Å². The first-order valence-corrected chi connectivity index (χ1v) is 4.62. The van der Waals surface area contributed by atoms with E-state index in [4.69, 9.17) is 27.9 Å². The summed E-state index contributed by atoms with van der Waals surface area (Å²) >= 11 is 11.8. The van der Waals surface area contributed by atoms with Crippen molar-refractivity contribution in [3.05, 3.63) is 28.5 Å². The Balaban J connectivity index is 2.86. The van der Waals surface area contributed by atoms with E-state index < -0.39 is 0 Å². The van der Waals surface area contributed by atoms with Gasteiger partial charge in [-0.1, -0.05) is 23.2 Å². The minimum atomic E-state index is 0.421. The van der Waals surface area contributed by atoms with Gasteiger partial charge in [-0.3, -0.25) is 0 Å².